The summed E-state index contributed by atoms with van der Waals surface area (Å²) in [5.74, 6) is 0. The maximum Gasteiger partial charge on any atom is 0.319 e. The molecule has 1 aromatic heterocycles. The number of nitrogens with two attached hydrogens (primary N) is 1. The van der Waals surface area contributed by atoms with E-state index in [-0.39, 0.29) is 6.01 Å². The minimum absolute atomic E-state index is 0.107. The van der Waals surface area contributed by atoms with Crippen LogP contribution in [0.5, 0.6) is 0 Å². The van der Waals surface area contributed by atoms with Crippen molar-refractivity contribution in [2.75, 3.05) is 24.2 Å². The number of hydrogen-bond donors (Lipinski definition) is 1. The first-order valence-electron chi connectivity index (χ1n) is 3.04. The summed E-state index contributed by atoms with van der Waals surface area (Å²) >= 11 is 0. The standard InChI is InChI=1S/C5H10N4O/c1-3-9(2)5-8-7-4(6)10-5/h3H2,1-2H3,(H2,6,7). The third kappa shape index (κ3) is 1.18. The Morgan fingerprint density at radius 2 is 2.30 bits per heavy atom. The molecular formula is C5H10N4O. The van der Waals surface area contributed by atoms with Crippen LogP contribution in [-0.2, 0) is 0 Å². The second-order valence-electron chi connectivity index (χ2n) is 1.94. The van der Waals surface area contributed by atoms with Crippen molar-refractivity contribution in [1.82, 2.24) is 10.2 Å². The third-order valence-corrected chi connectivity index (χ3v) is 1.23. The molecule has 1 aromatic rings. The lowest BCUT2D eigenvalue weighted by atomic mass is 10.7. The summed E-state index contributed by atoms with van der Waals surface area (Å²) in [6, 6.07) is 0.565. The molecule has 0 saturated carbocycles. The van der Waals surface area contributed by atoms with Gasteiger partial charge in [0, 0.05) is 13.6 Å². The second kappa shape index (κ2) is 2.55. The van der Waals surface area contributed by atoms with E-state index in [0.717, 1.165) is 6.54 Å². The van der Waals surface area contributed by atoms with Crippen LogP contribution in [0.15, 0.2) is 4.42 Å². The van der Waals surface area contributed by atoms with Gasteiger partial charge in [0.25, 0.3) is 0 Å². The van der Waals surface area contributed by atoms with Crippen molar-refractivity contribution in [2.45, 2.75) is 6.92 Å². The van der Waals surface area contributed by atoms with E-state index in [4.69, 9.17) is 10.2 Å². The van der Waals surface area contributed by atoms with E-state index in [1.165, 1.54) is 0 Å². The third-order valence-electron chi connectivity index (χ3n) is 1.23. The highest BCUT2D eigenvalue weighted by molar-refractivity contribution is 5.25. The second-order valence-corrected chi connectivity index (χ2v) is 1.94. The molecule has 0 radical (unpaired) electrons. The number of hydrogen-bond acceptors (Lipinski definition) is 5. The Morgan fingerprint density at radius 3 is 2.70 bits per heavy atom. The number of aromatic nitrogens is 2. The zero-order chi connectivity index (χ0) is 7.56. The van der Waals surface area contributed by atoms with Crippen molar-refractivity contribution in [3.8, 4) is 0 Å². The first-order valence-corrected chi connectivity index (χ1v) is 3.04. The summed E-state index contributed by atoms with van der Waals surface area (Å²) in [5.41, 5.74) is 5.20. The van der Waals surface area contributed by atoms with E-state index >= 15 is 0 Å². The van der Waals surface area contributed by atoms with Gasteiger partial charge in [0.1, 0.15) is 0 Å². The Balaban J connectivity index is 2.74. The molecule has 0 spiro atoms. The van der Waals surface area contributed by atoms with Crippen LogP contribution in [0.4, 0.5) is 12.0 Å². The highest BCUT2D eigenvalue weighted by Crippen LogP contribution is 2.09. The summed E-state index contributed by atoms with van der Waals surface area (Å²) in [7, 11) is 1.85. The minimum Gasteiger partial charge on any atom is -0.390 e. The molecule has 0 saturated heterocycles. The molecule has 1 rings (SSSR count). The number of nitrogens with zero attached hydrogens (tertiary/aromatic N) is 3. The fourth-order valence-electron chi connectivity index (χ4n) is 0.516. The van der Waals surface area contributed by atoms with Crippen LogP contribution >= 0.6 is 0 Å². The van der Waals surface area contributed by atoms with Gasteiger partial charge in [-0.1, -0.05) is 10.2 Å². The highest BCUT2D eigenvalue weighted by atomic mass is 16.4. The summed E-state index contributed by atoms with van der Waals surface area (Å²) in [6.07, 6.45) is 0. The zero-order valence-corrected chi connectivity index (χ0v) is 6.03. The summed E-state index contributed by atoms with van der Waals surface area (Å²) in [4.78, 5) is 1.81. The van der Waals surface area contributed by atoms with Gasteiger partial charge in [-0.25, -0.2) is 0 Å². The van der Waals surface area contributed by atoms with Gasteiger partial charge < -0.3 is 15.1 Å². The molecule has 0 atom stereocenters. The van der Waals surface area contributed by atoms with E-state index in [0.29, 0.717) is 6.01 Å². The largest absolute Gasteiger partial charge is 0.390 e. The van der Waals surface area contributed by atoms with Gasteiger partial charge in [0.15, 0.2) is 0 Å². The molecule has 1 heterocycles. The lowest BCUT2D eigenvalue weighted by Gasteiger charge is -2.08. The minimum atomic E-state index is 0.107. The Hall–Kier alpha value is -1.26. The summed E-state index contributed by atoms with van der Waals surface area (Å²) in [5, 5.41) is 7.18. The van der Waals surface area contributed by atoms with Crippen molar-refractivity contribution >= 4 is 12.0 Å². The van der Waals surface area contributed by atoms with Crippen LogP contribution < -0.4 is 10.6 Å². The predicted molar refractivity (Wildman–Crippen MR) is 37.7 cm³/mol. The van der Waals surface area contributed by atoms with Gasteiger partial charge in [-0.15, -0.1) is 0 Å². The number of rotatable bonds is 2. The Labute approximate surface area is 58.8 Å². The fourth-order valence-corrected chi connectivity index (χ4v) is 0.516. The van der Waals surface area contributed by atoms with Crippen LogP contribution in [0.3, 0.4) is 0 Å². The van der Waals surface area contributed by atoms with E-state index in [1.807, 2.05) is 18.9 Å². The summed E-state index contributed by atoms with van der Waals surface area (Å²) < 4.78 is 4.92. The van der Waals surface area contributed by atoms with E-state index in [9.17, 15) is 0 Å². The van der Waals surface area contributed by atoms with Crippen LogP contribution in [0.2, 0.25) is 0 Å². The Bertz CT molecular complexity index is 209. The first kappa shape index (κ1) is 6.85. The molecule has 5 heteroatoms. The van der Waals surface area contributed by atoms with Gasteiger partial charge in [0.2, 0.25) is 0 Å². The van der Waals surface area contributed by atoms with E-state index < -0.39 is 0 Å². The smallest absolute Gasteiger partial charge is 0.319 e. The van der Waals surface area contributed by atoms with Crippen molar-refractivity contribution in [1.29, 1.82) is 0 Å². The first-order chi connectivity index (χ1) is 4.74. The molecule has 0 amide bonds. The molecule has 2 N–H and O–H groups in total. The zero-order valence-electron chi connectivity index (χ0n) is 6.03. The molecule has 0 unspecified atom stereocenters. The van der Waals surface area contributed by atoms with Gasteiger partial charge in [-0.05, 0) is 6.92 Å². The average Bonchev–Trinajstić information content (AvgIpc) is 2.34. The van der Waals surface area contributed by atoms with Crippen molar-refractivity contribution in [3.05, 3.63) is 0 Å². The summed E-state index contributed by atoms with van der Waals surface area (Å²) in [6.45, 7) is 2.81. The molecule has 0 aromatic carbocycles. The number of nitrogen functional groups attached to an aromatic ring is 1. The lowest BCUT2D eigenvalue weighted by molar-refractivity contribution is 0.564. The van der Waals surface area contributed by atoms with Crippen LogP contribution in [0.25, 0.3) is 0 Å². The Morgan fingerprint density at radius 1 is 1.60 bits per heavy atom. The topological polar surface area (TPSA) is 68.2 Å². The van der Waals surface area contributed by atoms with Crippen LogP contribution in [0.1, 0.15) is 6.92 Å². The molecule has 0 bridgehead atoms. The molecule has 0 fully saturated rings. The molecule has 0 aliphatic heterocycles. The van der Waals surface area contributed by atoms with Gasteiger partial charge >= 0.3 is 12.0 Å². The van der Waals surface area contributed by atoms with Gasteiger partial charge in [-0.2, -0.15) is 0 Å². The quantitative estimate of drug-likeness (QED) is 0.634. The maximum atomic E-state index is 5.20. The molecule has 10 heavy (non-hydrogen) atoms. The monoisotopic (exact) mass is 142 g/mol. The highest BCUT2D eigenvalue weighted by Gasteiger charge is 2.04. The molecule has 0 aliphatic carbocycles. The lowest BCUT2D eigenvalue weighted by Crippen LogP contribution is -2.15. The van der Waals surface area contributed by atoms with Crippen molar-refractivity contribution in [2.24, 2.45) is 0 Å². The molecular weight excluding hydrogens is 132 g/mol. The SMILES string of the molecule is CCN(C)c1nnc(N)o1. The average molecular weight is 142 g/mol. The fraction of sp³-hybridized carbons (Fsp3) is 0.600. The van der Waals surface area contributed by atoms with Crippen molar-refractivity contribution < 1.29 is 4.42 Å². The van der Waals surface area contributed by atoms with Crippen molar-refractivity contribution in [3.63, 3.8) is 0 Å². The van der Waals surface area contributed by atoms with E-state index in [1.54, 1.807) is 0 Å². The van der Waals surface area contributed by atoms with Crippen LogP contribution in [-0.4, -0.2) is 23.8 Å². The normalized spacial score (nSPS) is 9.80. The van der Waals surface area contributed by atoms with Crippen LogP contribution in [0, 0.1) is 0 Å². The van der Waals surface area contributed by atoms with Gasteiger partial charge in [-0.3, -0.25) is 0 Å². The van der Waals surface area contributed by atoms with E-state index in [2.05, 4.69) is 10.2 Å². The Kier molecular flexibility index (Phi) is 1.75. The molecule has 56 valence electrons. The van der Waals surface area contributed by atoms with Gasteiger partial charge in [0.05, 0.1) is 0 Å². The molecule has 5 nitrogen and oxygen atoms in total. The predicted octanol–water partition coefficient (Wildman–Crippen LogP) is 0.108. The molecule has 0 aliphatic rings. The number of anilines is 2. The maximum absolute atomic E-state index is 5.20.